The first-order valence-electron chi connectivity index (χ1n) is 8.67. The van der Waals surface area contributed by atoms with Crippen molar-refractivity contribution in [1.82, 2.24) is 30.5 Å². The van der Waals surface area contributed by atoms with Gasteiger partial charge in [0, 0.05) is 32.7 Å². The third-order valence-corrected chi connectivity index (χ3v) is 4.38. The minimum absolute atomic E-state index is 0. The van der Waals surface area contributed by atoms with Crippen LogP contribution in [0.1, 0.15) is 16.1 Å². The highest BCUT2D eigenvalue weighted by molar-refractivity contribution is 5.91. The Morgan fingerprint density at radius 1 is 1.21 bits per heavy atom. The molecule has 0 bridgehead atoms. The number of halogens is 4. The number of nitrogens with zero attached hydrogens (tertiary/aromatic N) is 4. The number of nitrogens with one attached hydrogen (secondary N) is 2. The van der Waals surface area contributed by atoms with E-state index in [2.05, 4.69) is 20.9 Å². The fourth-order valence-electron chi connectivity index (χ4n) is 2.98. The van der Waals surface area contributed by atoms with Gasteiger partial charge in [-0.05, 0) is 5.56 Å². The zero-order valence-electron chi connectivity index (χ0n) is 15.0. The molecule has 1 amide bonds. The van der Waals surface area contributed by atoms with E-state index in [4.69, 9.17) is 0 Å². The summed E-state index contributed by atoms with van der Waals surface area (Å²) in [5.41, 5.74) is 0.970. The number of hydrogen-bond acceptors (Lipinski definition) is 5. The van der Waals surface area contributed by atoms with Crippen LogP contribution in [0.3, 0.4) is 0 Å². The van der Waals surface area contributed by atoms with E-state index < -0.39 is 24.7 Å². The molecule has 2 N–H and O–H groups in total. The average molecular weight is 419 g/mol. The minimum atomic E-state index is -4.42. The summed E-state index contributed by atoms with van der Waals surface area (Å²) in [6, 6.07) is 7.74. The lowest BCUT2D eigenvalue weighted by atomic mass is 10.2. The summed E-state index contributed by atoms with van der Waals surface area (Å²) >= 11 is 0. The highest BCUT2D eigenvalue weighted by Gasteiger charge is 2.43. The molecule has 154 valence electrons. The molecule has 1 saturated heterocycles. The fourth-order valence-corrected chi connectivity index (χ4v) is 2.98. The van der Waals surface area contributed by atoms with Crippen molar-refractivity contribution in [3.05, 3.63) is 47.8 Å². The molecule has 1 atom stereocenters. The minimum Gasteiger partial charge on any atom is -0.349 e. The summed E-state index contributed by atoms with van der Waals surface area (Å²) in [6.07, 6.45) is -2.99. The second-order valence-electron chi connectivity index (χ2n) is 6.34. The number of benzene rings is 1. The standard InChI is InChI=1S/C17H21F3N6O.ClH/c18-17(19,20)15(25-8-6-21-7-9-25)10-22-16(27)14-12-26(24-23-14)11-13-4-2-1-3-5-13;/h1-5,12,15,21H,6-11H2,(H,22,27);1H. The first kappa shape index (κ1) is 22.1. The van der Waals surface area contributed by atoms with Gasteiger partial charge in [0.05, 0.1) is 12.7 Å². The maximum atomic E-state index is 13.4. The largest absolute Gasteiger partial charge is 0.405 e. The van der Waals surface area contributed by atoms with Crippen molar-refractivity contribution >= 4 is 18.3 Å². The van der Waals surface area contributed by atoms with E-state index in [-0.39, 0.29) is 31.2 Å². The number of aromatic nitrogens is 3. The molecular formula is C17H22ClF3N6O. The van der Waals surface area contributed by atoms with E-state index in [9.17, 15) is 18.0 Å². The van der Waals surface area contributed by atoms with Crippen molar-refractivity contribution < 1.29 is 18.0 Å². The van der Waals surface area contributed by atoms with Gasteiger partial charge in [-0.1, -0.05) is 35.5 Å². The van der Waals surface area contributed by atoms with E-state index >= 15 is 0 Å². The van der Waals surface area contributed by atoms with Gasteiger partial charge in [-0.2, -0.15) is 13.2 Å². The molecule has 0 radical (unpaired) electrons. The third-order valence-electron chi connectivity index (χ3n) is 4.38. The molecule has 1 aliphatic rings. The molecule has 0 aliphatic carbocycles. The summed E-state index contributed by atoms with van der Waals surface area (Å²) < 4.78 is 41.5. The molecule has 2 aromatic rings. The Morgan fingerprint density at radius 2 is 1.89 bits per heavy atom. The zero-order chi connectivity index (χ0) is 19.3. The Labute approximate surface area is 166 Å². The number of carbonyl (C=O) groups is 1. The number of carbonyl (C=O) groups excluding carboxylic acids is 1. The maximum Gasteiger partial charge on any atom is 0.405 e. The molecule has 1 aromatic heterocycles. The smallest absolute Gasteiger partial charge is 0.349 e. The second-order valence-corrected chi connectivity index (χ2v) is 6.34. The van der Waals surface area contributed by atoms with Gasteiger partial charge in [0.25, 0.3) is 5.91 Å². The van der Waals surface area contributed by atoms with Crippen LogP contribution >= 0.6 is 12.4 Å². The van der Waals surface area contributed by atoms with Crippen molar-refractivity contribution in [3.8, 4) is 0 Å². The number of rotatable bonds is 6. The molecule has 0 saturated carbocycles. The molecular weight excluding hydrogens is 397 g/mol. The van der Waals surface area contributed by atoms with Crippen molar-refractivity contribution in [1.29, 1.82) is 0 Å². The van der Waals surface area contributed by atoms with E-state index in [1.54, 1.807) is 0 Å². The third kappa shape index (κ3) is 5.91. The molecule has 28 heavy (non-hydrogen) atoms. The van der Waals surface area contributed by atoms with Crippen molar-refractivity contribution in [2.24, 2.45) is 0 Å². The number of hydrogen-bond donors (Lipinski definition) is 2. The second kappa shape index (κ2) is 9.85. The maximum absolute atomic E-state index is 13.4. The van der Waals surface area contributed by atoms with Gasteiger partial charge in [0.15, 0.2) is 5.69 Å². The fraction of sp³-hybridized carbons (Fsp3) is 0.471. The summed E-state index contributed by atoms with van der Waals surface area (Å²) in [5, 5.41) is 13.0. The van der Waals surface area contributed by atoms with Gasteiger partial charge >= 0.3 is 6.18 Å². The van der Waals surface area contributed by atoms with Crippen LogP contribution in [0.4, 0.5) is 13.2 Å². The van der Waals surface area contributed by atoms with Gasteiger partial charge < -0.3 is 10.6 Å². The van der Waals surface area contributed by atoms with E-state index in [0.29, 0.717) is 19.6 Å². The van der Waals surface area contributed by atoms with Gasteiger partial charge in [0.1, 0.15) is 6.04 Å². The first-order valence-corrected chi connectivity index (χ1v) is 8.67. The highest BCUT2D eigenvalue weighted by Crippen LogP contribution is 2.24. The Bertz CT molecular complexity index is 749. The monoisotopic (exact) mass is 418 g/mol. The quantitative estimate of drug-likeness (QED) is 0.740. The highest BCUT2D eigenvalue weighted by atomic mass is 35.5. The predicted molar refractivity (Wildman–Crippen MR) is 99.4 cm³/mol. The number of amides is 1. The van der Waals surface area contributed by atoms with Crippen LogP contribution in [0, 0.1) is 0 Å². The van der Waals surface area contributed by atoms with Crippen molar-refractivity contribution in [2.45, 2.75) is 18.8 Å². The van der Waals surface area contributed by atoms with Gasteiger partial charge in [-0.25, -0.2) is 4.68 Å². The molecule has 1 aromatic carbocycles. The Hall–Kier alpha value is -2.17. The summed E-state index contributed by atoms with van der Waals surface area (Å²) in [6.45, 7) is 1.46. The van der Waals surface area contributed by atoms with Crippen LogP contribution in [0.5, 0.6) is 0 Å². The van der Waals surface area contributed by atoms with Crippen LogP contribution in [0.15, 0.2) is 36.5 Å². The molecule has 1 fully saturated rings. The normalized spacial score (nSPS) is 16.2. The first-order chi connectivity index (χ1) is 12.9. The van der Waals surface area contributed by atoms with E-state index in [0.717, 1.165) is 5.56 Å². The van der Waals surface area contributed by atoms with Crippen LogP contribution in [-0.4, -0.2) is 70.7 Å². The Morgan fingerprint density at radius 3 is 2.54 bits per heavy atom. The molecule has 7 nitrogen and oxygen atoms in total. The summed E-state index contributed by atoms with van der Waals surface area (Å²) in [7, 11) is 0. The van der Waals surface area contributed by atoms with Gasteiger partial charge in [-0.3, -0.25) is 9.69 Å². The molecule has 1 unspecified atom stereocenters. The predicted octanol–water partition coefficient (Wildman–Crippen LogP) is 1.31. The van der Waals surface area contributed by atoms with E-state index in [1.807, 2.05) is 30.3 Å². The Balaban J connectivity index is 0.00000280. The van der Waals surface area contributed by atoms with Crippen LogP contribution in [0.2, 0.25) is 0 Å². The number of piperazine rings is 1. The zero-order valence-corrected chi connectivity index (χ0v) is 15.8. The SMILES string of the molecule is Cl.O=C(NCC(N1CCNCC1)C(F)(F)F)c1cn(Cc2ccccc2)nn1. The number of alkyl halides is 3. The van der Waals surface area contributed by atoms with E-state index in [1.165, 1.54) is 15.8 Å². The van der Waals surface area contributed by atoms with Crippen LogP contribution < -0.4 is 10.6 Å². The van der Waals surface area contributed by atoms with Crippen LogP contribution in [-0.2, 0) is 6.54 Å². The van der Waals surface area contributed by atoms with Gasteiger partial charge in [0.2, 0.25) is 0 Å². The topological polar surface area (TPSA) is 75.1 Å². The summed E-state index contributed by atoms with van der Waals surface area (Å²) in [5.74, 6) is -0.668. The molecule has 0 spiro atoms. The lowest BCUT2D eigenvalue weighted by molar-refractivity contribution is -0.183. The molecule has 1 aliphatic heterocycles. The summed E-state index contributed by atoms with van der Waals surface area (Å²) in [4.78, 5) is 13.5. The van der Waals surface area contributed by atoms with Crippen molar-refractivity contribution in [2.75, 3.05) is 32.7 Å². The van der Waals surface area contributed by atoms with Gasteiger partial charge in [-0.15, -0.1) is 17.5 Å². The molecule has 3 rings (SSSR count). The molecule has 11 heteroatoms. The molecule has 2 heterocycles. The lowest BCUT2D eigenvalue weighted by Crippen LogP contribution is -2.57. The van der Waals surface area contributed by atoms with Crippen molar-refractivity contribution in [3.63, 3.8) is 0 Å². The Kier molecular flexibility index (Phi) is 7.78. The van der Waals surface area contributed by atoms with Crippen LogP contribution in [0.25, 0.3) is 0 Å². The lowest BCUT2D eigenvalue weighted by Gasteiger charge is -2.35. The average Bonchev–Trinajstić information content (AvgIpc) is 3.11.